The summed E-state index contributed by atoms with van der Waals surface area (Å²) in [4.78, 5) is 12.3. The maximum atomic E-state index is 13.5. The molecular formula is C16H23FN2O. The Balaban J connectivity index is 1.87. The highest BCUT2D eigenvalue weighted by Crippen LogP contribution is 2.35. The molecule has 20 heavy (non-hydrogen) atoms. The number of carbonyl (C=O) groups is 1. The van der Waals surface area contributed by atoms with Crippen LogP contribution in [-0.4, -0.2) is 19.0 Å². The Bertz CT molecular complexity index is 456. The molecule has 1 aromatic carbocycles. The Labute approximate surface area is 119 Å². The molecule has 0 radical (unpaired) electrons. The Hall–Kier alpha value is -1.42. The van der Waals surface area contributed by atoms with Gasteiger partial charge in [0.15, 0.2) is 0 Å². The van der Waals surface area contributed by atoms with Crippen molar-refractivity contribution in [3.05, 3.63) is 35.6 Å². The first kappa shape index (κ1) is 15.0. The molecular weight excluding hydrogens is 255 g/mol. The minimum absolute atomic E-state index is 0.0380. The van der Waals surface area contributed by atoms with E-state index in [1.54, 1.807) is 12.1 Å². The van der Waals surface area contributed by atoms with Crippen molar-refractivity contribution in [3.8, 4) is 0 Å². The van der Waals surface area contributed by atoms with Crippen molar-refractivity contribution < 1.29 is 9.18 Å². The fourth-order valence-corrected chi connectivity index (χ4v) is 2.95. The van der Waals surface area contributed by atoms with Gasteiger partial charge in [-0.15, -0.1) is 0 Å². The lowest BCUT2D eigenvalue weighted by Gasteiger charge is -2.34. The minimum Gasteiger partial charge on any atom is -0.355 e. The smallest absolute Gasteiger partial charge is 0.227 e. The van der Waals surface area contributed by atoms with E-state index in [-0.39, 0.29) is 11.7 Å². The lowest BCUT2D eigenvalue weighted by Crippen LogP contribution is -2.47. The molecule has 0 aliphatic heterocycles. The quantitative estimate of drug-likeness (QED) is 0.869. The molecule has 1 fully saturated rings. The van der Waals surface area contributed by atoms with Crippen LogP contribution in [0.5, 0.6) is 0 Å². The zero-order valence-corrected chi connectivity index (χ0v) is 11.8. The topological polar surface area (TPSA) is 55.1 Å². The van der Waals surface area contributed by atoms with E-state index in [0.29, 0.717) is 25.1 Å². The summed E-state index contributed by atoms with van der Waals surface area (Å²) in [6.45, 7) is 0.861. The van der Waals surface area contributed by atoms with E-state index in [0.717, 1.165) is 25.7 Å². The van der Waals surface area contributed by atoms with Gasteiger partial charge >= 0.3 is 0 Å². The third-order valence-corrected chi connectivity index (χ3v) is 4.32. The minimum atomic E-state index is -0.395. The van der Waals surface area contributed by atoms with Gasteiger partial charge in [0.1, 0.15) is 5.82 Å². The zero-order chi connectivity index (χ0) is 14.4. The normalized spacial score (nSPS) is 17.7. The first-order valence-corrected chi connectivity index (χ1v) is 7.40. The number of halogens is 1. The summed E-state index contributed by atoms with van der Waals surface area (Å²) in [5.74, 6) is -0.177. The van der Waals surface area contributed by atoms with Crippen molar-refractivity contribution >= 4 is 5.91 Å². The number of benzene rings is 1. The number of nitrogens with two attached hydrogens (primary N) is 1. The number of hydrogen-bond donors (Lipinski definition) is 2. The van der Waals surface area contributed by atoms with Crippen LogP contribution in [-0.2, 0) is 11.2 Å². The number of nitrogens with one attached hydrogen (secondary N) is 1. The summed E-state index contributed by atoms with van der Waals surface area (Å²) in [6.07, 6.45) is 5.57. The van der Waals surface area contributed by atoms with Crippen LogP contribution in [0.3, 0.4) is 0 Å². The number of amides is 1. The fourth-order valence-electron chi connectivity index (χ4n) is 2.95. The van der Waals surface area contributed by atoms with Crippen LogP contribution in [0.2, 0.25) is 0 Å². The monoisotopic (exact) mass is 278 g/mol. The van der Waals surface area contributed by atoms with Crippen LogP contribution in [0.4, 0.5) is 4.39 Å². The molecule has 0 spiro atoms. The molecule has 1 saturated carbocycles. The molecule has 1 aliphatic rings. The predicted molar refractivity (Wildman–Crippen MR) is 77.7 cm³/mol. The highest BCUT2D eigenvalue weighted by molar-refractivity contribution is 5.83. The van der Waals surface area contributed by atoms with Crippen molar-refractivity contribution in [2.45, 2.75) is 38.5 Å². The highest BCUT2D eigenvalue weighted by atomic mass is 19.1. The van der Waals surface area contributed by atoms with Crippen LogP contribution in [0.15, 0.2) is 24.3 Å². The van der Waals surface area contributed by atoms with Gasteiger partial charge in [-0.05, 0) is 30.9 Å². The molecule has 0 atom stereocenters. The summed E-state index contributed by atoms with van der Waals surface area (Å²) in [7, 11) is 0. The molecule has 1 aromatic rings. The van der Waals surface area contributed by atoms with Crippen molar-refractivity contribution in [2.75, 3.05) is 13.1 Å². The molecule has 3 nitrogen and oxygen atoms in total. The predicted octanol–water partition coefficient (Wildman–Crippen LogP) is 2.39. The van der Waals surface area contributed by atoms with E-state index < -0.39 is 5.41 Å². The van der Waals surface area contributed by atoms with E-state index in [2.05, 4.69) is 5.32 Å². The molecule has 2 rings (SSSR count). The highest BCUT2D eigenvalue weighted by Gasteiger charge is 2.37. The van der Waals surface area contributed by atoms with E-state index in [4.69, 9.17) is 5.73 Å². The maximum absolute atomic E-state index is 13.5. The molecule has 0 bridgehead atoms. The third kappa shape index (κ3) is 3.37. The lowest BCUT2D eigenvalue weighted by molar-refractivity contribution is -0.132. The van der Waals surface area contributed by atoms with Crippen molar-refractivity contribution in [2.24, 2.45) is 11.1 Å². The number of rotatable bonds is 5. The van der Waals surface area contributed by atoms with Crippen LogP contribution in [0, 0.1) is 11.2 Å². The summed E-state index contributed by atoms with van der Waals surface area (Å²) in [5.41, 5.74) is 6.07. The first-order valence-electron chi connectivity index (χ1n) is 7.40. The first-order chi connectivity index (χ1) is 9.68. The second kappa shape index (κ2) is 6.84. The van der Waals surface area contributed by atoms with Crippen LogP contribution >= 0.6 is 0 Å². The van der Waals surface area contributed by atoms with Gasteiger partial charge in [0.05, 0.1) is 5.41 Å². The van der Waals surface area contributed by atoms with Crippen LogP contribution in [0.1, 0.15) is 37.7 Å². The standard InChI is InChI=1S/C16H23FN2O/c17-14-7-3-2-6-13(14)8-11-19-15(20)16(12-18)9-4-1-5-10-16/h2-3,6-7H,1,4-5,8-12,18H2,(H,19,20). The van der Waals surface area contributed by atoms with Gasteiger partial charge in [-0.2, -0.15) is 0 Å². The van der Waals surface area contributed by atoms with Crippen molar-refractivity contribution in [1.82, 2.24) is 5.32 Å². The van der Waals surface area contributed by atoms with Gasteiger partial charge in [0.25, 0.3) is 0 Å². The van der Waals surface area contributed by atoms with Gasteiger partial charge in [0.2, 0.25) is 5.91 Å². The molecule has 110 valence electrons. The Morgan fingerprint density at radius 1 is 1.25 bits per heavy atom. The van der Waals surface area contributed by atoms with Crippen LogP contribution < -0.4 is 11.1 Å². The van der Waals surface area contributed by atoms with E-state index in [1.807, 2.05) is 6.07 Å². The van der Waals surface area contributed by atoms with E-state index >= 15 is 0 Å². The van der Waals surface area contributed by atoms with Crippen LogP contribution in [0.25, 0.3) is 0 Å². The molecule has 1 aliphatic carbocycles. The van der Waals surface area contributed by atoms with Crippen molar-refractivity contribution in [1.29, 1.82) is 0 Å². The second-order valence-corrected chi connectivity index (χ2v) is 5.64. The molecule has 0 aromatic heterocycles. The number of carbonyl (C=O) groups excluding carboxylic acids is 1. The second-order valence-electron chi connectivity index (χ2n) is 5.64. The Morgan fingerprint density at radius 2 is 1.95 bits per heavy atom. The molecule has 0 saturated heterocycles. The SMILES string of the molecule is NCC1(C(=O)NCCc2ccccc2F)CCCCC1. The third-order valence-electron chi connectivity index (χ3n) is 4.32. The van der Waals surface area contributed by atoms with Gasteiger partial charge in [0, 0.05) is 13.1 Å². The number of hydrogen-bond acceptors (Lipinski definition) is 2. The molecule has 3 N–H and O–H groups in total. The maximum Gasteiger partial charge on any atom is 0.227 e. The zero-order valence-electron chi connectivity index (χ0n) is 11.8. The molecule has 0 unspecified atom stereocenters. The average molecular weight is 278 g/mol. The van der Waals surface area contributed by atoms with E-state index in [1.165, 1.54) is 12.5 Å². The fraction of sp³-hybridized carbons (Fsp3) is 0.562. The van der Waals surface area contributed by atoms with Gasteiger partial charge in [-0.1, -0.05) is 37.5 Å². The van der Waals surface area contributed by atoms with Crippen molar-refractivity contribution in [3.63, 3.8) is 0 Å². The summed E-state index contributed by atoms with van der Waals surface area (Å²) in [5, 5.41) is 2.93. The lowest BCUT2D eigenvalue weighted by atomic mass is 9.73. The Kier molecular flexibility index (Phi) is 5.12. The van der Waals surface area contributed by atoms with Gasteiger partial charge in [-0.3, -0.25) is 4.79 Å². The summed E-state index contributed by atoms with van der Waals surface area (Å²) < 4.78 is 13.5. The molecule has 1 amide bonds. The largest absolute Gasteiger partial charge is 0.355 e. The van der Waals surface area contributed by atoms with Gasteiger partial charge in [-0.25, -0.2) is 4.39 Å². The van der Waals surface area contributed by atoms with Gasteiger partial charge < -0.3 is 11.1 Å². The molecule has 0 heterocycles. The van der Waals surface area contributed by atoms with E-state index in [9.17, 15) is 9.18 Å². The summed E-state index contributed by atoms with van der Waals surface area (Å²) >= 11 is 0. The summed E-state index contributed by atoms with van der Waals surface area (Å²) in [6, 6.07) is 6.67. The average Bonchev–Trinajstić information content (AvgIpc) is 2.49. The Morgan fingerprint density at radius 3 is 2.60 bits per heavy atom. The molecule has 4 heteroatoms.